The van der Waals surface area contributed by atoms with Crippen LogP contribution >= 0.6 is 0 Å². The van der Waals surface area contributed by atoms with Gasteiger partial charge in [-0.15, -0.1) is 4.72 Å². The van der Waals surface area contributed by atoms with Crippen LogP contribution in [0.3, 0.4) is 0 Å². The highest BCUT2D eigenvalue weighted by Gasteiger charge is 2.36. The van der Waals surface area contributed by atoms with Crippen LogP contribution in [0.4, 0.5) is 18.0 Å². The van der Waals surface area contributed by atoms with E-state index in [1.807, 2.05) is 0 Å². The van der Waals surface area contributed by atoms with Crippen LogP contribution in [0.25, 0.3) is 0 Å². The van der Waals surface area contributed by atoms with E-state index >= 15 is 0 Å². The van der Waals surface area contributed by atoms with Gasteiger partial charge in [-0.1, -0.05) is 18.2 Å². The molecule has 5 nitrogen and oxygen atoms in total. The molecule has 0 aliphatic heterocycles. The van der Waals surface area contributed by atoms with Crippen LogP contribution in [0.5, 0.6) is 0 Å². The Balaban J connectivity index is 3.09. The lowest BCUT2D eigenvalue weighted by Crippen LogP contribution is -2.41. The third-order valence-electron chi connectivity index (χ3n) is 3.04. The molecule has 25 heavy (non-hydrogen) atoms. The minimum atomic E-state index is -4.58. The maximum absolute atomic E-state index is 13.3. The number of nitrogens with one attached hydrogen (secondary N) is 2. The van der Waals surface area contributed by atoms with Crippen molar-refractivity contribution in [1.29, 1.82) is 0 Å². The summed E-state index contributed by atoms with van der Waals surface area (Å²) in [5.74, 6) is 0.292. The molecule has 2 N–H and O–H groups in total. The van der Waals surface area contributed by atoms with Gasteiger partial charge in [-0.3, -0.25) is 0 Å². The summed E-state index contributed by atoms with van der Waals surface area (Å²) in [5, 5.41) is 2.42. The molecular weight excluding hydrogens is 357 g/mol. The first-order valence-electron chi connectivity index (χ1n) is 7.71. The van der Waals surface area contributed by atoms with E-state index in [4.69, 9.17) is 4.74 Å². The Kier molecular flexibility index (Phi) is 7.58. The molecule has 0 radical (unpaired) electrons. The van der Waals surface area contributed by atoms with Gasteiger partial charge in [0.25, 0.3) is 0 Å². The van der Waals surface area contributed by atoms with E-state index in [9.17, 15) is 22.5 Å². The normalized spacial score (nSPS) is 14.7. The van der Waals surface area contributed by atoms with Gasteiger partial charge in [0, 0.05) is 11.4 Å². The first-order chi connectivity index (χ1) is 11.4. The minimum Gasteiger partial charge on any atom is -0.598 e. The Morgan fingerprint density at radius 3 is 2.40 bits per heavy atom. The number of ether oxygens (including phenoxy) is 1. The van der Waals surface area contributed by atoms with Crippen LogP contribution in [-0.4, -0.2) is 28.5 Å². The van der Waals surface area contributed by atoms with Gasteiger partial charge in [-0.05, 0) is 39.3 Å². The van der Waals surface area contributed by atoms with Crippen molar-refractivity contribution in [2.45, 2.75) is 45.5 Å². The van der Waals surface area contributed by atoms with Crippen LogP contribution in [0.1, 0.15) is 44.9 Å². The van der Waals surface area contributed by atoms with Gasteiger partial charge in [-0.25, -0.2) is 4.79 Å². The number of rotatable bonds is 6. The summed E-state index contributed by atoms with van der Waals surface area (Å²) in [4.78, 5) is 12.0. The summed E-state index contributed by atoms with van der Waals surface area (Å²) in [6.07, 6.45) is -5.42. The van der Waals surface area contributed by atoms with Crippen molar-refractivity contribution in [3.8, 4) is 0 Å². The van der Waals surface area contributed by atoms with Crippen LogP contribution in [-0.2, 0) is 22.3 Å². The molecule has 2 unspecified atom stereocenters. The number of hydrogen-bond acceptors (Lipinski definition) is 4. The molecule has 0 heterocycles. The number of carbonyl (C=O) groups excluding carboxylic acids is 1. The number of hydrogen-bond donors (Lipinski definition) is 2. The fraction of sp³-hybridized carbons (Fsp3) is 0.562. The molecule has 0 saturated heterocycles. The van der Waals surface area contributed by atoms with Crippen molar-refractivity contribution < 1.29 is 27.3 Å². The lowest BCUT2D eigenvalue weighted by Gasteiger charge is -2.26. The van der Waals surface area contributed by atoms with Gasteiger partial charge < -0.3 is 14.6 Å². The van der Waals surface area contributed by atoms with Crippen molar-refractivity contribution in [2.75, 3.05) is 12.3 Å². The SMILES string of the molecule is CC[S+]([O-])NCC(NC(=O)OC(C)(C)C)c1ccccc1C(F)(F)F. The average Bonchev–Trinajstić information content (AvgIpc) is 2.48. The van der Waals surface area contributed by atoms with Crippen LogP contribution < -0.4 is 10.0 Å². The largest absolute Gasteiger partial charge is 0.598 e. The summed E-state index contributed by atoms with van der Waals surface area (Å²) in [6.45, 7) is 6.48. The highest BCUT2D eigenvalue weighted by Crippen LogP contribution is 2.34. The average molecular weight is 380 g/mol. The van der Waals surface area contributed by atoms with Crippen molar-refractivity contribution >= 4 is 17.5 Å². The molecule has 0 aliphatic carbocycles. The highest BCUT2D eigenvalue weighted by atomic mass is 32.2. The second-order valence-electron chi connectivity index (χ2n) is 6.27. The maximum Gasteiger partial charge on any atom is 0.416 e. The minimum absolute atomic E-state index is 0.124. The molecule has 0 aromatic heterocycles. The van der Waals surface area contributed by atoms with E-state index in [-0.39, 0.29) is 12.1 Å². The summed E-state index contributed by atoms with van der Waals surface area (Å²) >= 11 is -1.41. The quantitative estimate of drug-likeness (QED) is 0.741. The first kappa shape index (κ1) is 21.6. The van der Waals surface area contributed by atoms with Gasteiger partial charge in [-0.2, -0.15) is 13.2 Å². The van der Waals surface area contributed by atoms with E-state index in [2.05, 4.69) is 10.0 Å². The van der Waals surface area contributed by atoms with Gasteiger partial charge in [0.05, 0.1) is 18.2 Å². The van der Waals surface area contributed by atoms with E-state index < -0.39 is 40.8 Å². The number of benzene rings is 1. The van der Waals surface area contributed by atoms with Gasteiger partial charge in [0.15, 0.2) is 0 Å². The van der Waals surface area contributed by atoms with Gasteiger partial charge in [0.1, 0.15) is 11.4 Å². The highest BCUT2D eigenvalue weighted by molar-refractivity contribution is 7.89. The van der Waals surface area contributed by atoms with Crippen molar-refractivity contribution in [1.82, 2.24) is 10.0 Å². The summed E-state index contributed by atoms with van der Waals surface area (Å²) < 4.78 is 59.1. The monoisotopic (exact) mass is 380 g/mol. The Hall–Kier alpha value is -1.45. The molecule has 0 saturated carbocycles. The summed E-state index contributed by atoms with van der Waals surface area (Å²) in [7, 11) is 0. The van der Waals surface area contributed by atoms with E-state index in [1.54, 1.807) is 27.7 Å². The zero-order valence-corrected chi connectivity index (χ0v) is 15.4. The molecular formula is C16H23F3N2O3S. The van der Waals surface area contributed by atoms with E-state index in [0.717, 1.165) is 6.07 Å². The molecule has 1 aromatic carbocycles. The van der Waals surface area contributed by atoms with Gasteiger partial charge >= 0.3 is 12.3 Å². The summed E-state index contributed by atoms with van der Waals surface area (Å²) in [5.41, 5.74) is -1.78. The molecule has 0 bridgehead atoms. The summed E-state index contributed by atoms with van der Waals surface area (Å²) in [6, 6.07) is 3.89. The molecule has 142 valence electrons. The molecule has 1 amide bonds. The van der Waals surface area contributed by atoms with Crippen molar-refractivity contribution in [3.05, 3.63) is 35.4 Å². The molecule has 0 fully saturated rings. The third kappa shape index (κ3) is 7.54. The predicted molar refractivity (Wildman–Crippen MR) is 90.2 cm³/mol. The molecule has 9 heteroatoms. The Morgan fingerprint density at radius 2 is 1.88 bits per heavy atom. The lowest BCUT2D eigenvalue weighted by atomic mass is 10.00. The lowest BCUT2D eigenvalue weighted by molar-refractivity contribution is -0.138. The number of amides is 1. The Morgan fingerprint density at radius 1 is 1.28 bits per heavy atom. The molecule has 0 aliphatic rings. The van der Waals surface area contributed by atoms with E-state index in [0.29, 0.717) is 5.75 Å². The predicted octanol–water partition coefficient (Wildman–Crippen LogP) is 3.54. The number of alkyl carbamates (subject to hydrolysis) is 1. The number of carbonyl (C=O) groups is 1. The fourth-order valence-electron chi connectivity index (χ4n) is 2.03. The van der Waals surface area contributed by atoms with E-state index in [1.165, 1.54) is 18.2 Å². The fourth-order valence-corrected chi connectivity index (χ4v) is 2.58. The number of halogens is 3. The molecule has 1 aromatic rings. The Labute approximate surface area is 148 Å². The molecule has 2 atom stereocenters. The second-order valence-corrected chi connectivity index (χ2v) is 7.82. The smallest absolute Gasteiger partial charge is 0.416 e. The van der Waals surface area contributed by atoms with Crippen molar-refractivity contribution in [3.63, 3.8) is 0 Å². The third-order valence-corrected chi connectivity index (χ3v) is 4.06. The zero-order valence-electron chi connectivity index (χ0n) is 14.6. The van der Waals surface area contributed by atoms with Crippen molar-refractivity contribution in [2.24, 2.45) is 0 Å². The standard InChI is InChI=1S/C16H23F3N2O3S/c1-5-25(23)20-10-13(21-14(22)24-15(2,3)4)11-8-6-7-9-12(11)16(17,18)19/h6-9,13,20H,5,10H2,1-4H3,(H,21,22). The maximum atomic E-state index is 13.3. The second kappa shape index (κ2) is 8.77. The van der Waals surface area contributed by atoms with Gasteiger partial charge in [0.2, 0.25) is 0 Å². The van der Waals surface area contributed by atoms with Crippen LogP contribution in [0.15, 0.2) is 24.3 Å². The van der Waals surface area contributed by atoms with Crippen LogP contribution in [0.2, 0.25) is 0 Å². The molecule has 0 spiro atoms. The first-order valence-corrected chi connectivity index (χ1v) is 9.03. The zero-order chi connectivity index (χ0) is 19.3. The van der Waals surface area contributed by atoms with Crippen LogP contribution in [0, 0.1) is 0 Å². The molecule has 1 rings (SSSR count). The number of alkyl halides is 3. The topological polar surface area (TPSA) is 73.4 Å². The Bertz CT molecular complexity index is 576.